The molecule has 1 saturated heterocycles. The fraction of sp³-hybridized carbons (Fsp3) is 0.435. The summed E-state index contributed by atoms with van der Waals surface area (Å²) in [6.07, 6.45) is -0.596. The number of anilines is 1. The molecule has 0 radical (unpaired) electrons. The Bertz CT molecular complexity index is 1040. The zero-order valence-electron chi connectivity index (χ0n) is 19.2. The van der Waals surface area contributed by atoms with E-state index < -0.39 is 16.1 Å². The molecule has 1 heterocycles. The Morgan fingerprint density at radius 1 is 1.03 bits per heavy atom. The molecular formula is C23H31N3O6S. The van der Waals surface area contributed by atoms with Gasteiger partial charge in [0.2, 0.25) is 15.9 Å². The Morgan fingerprint density at radius 2 is 1.67 bits per heavy atom. The van der Waals surface area contributed by atoms with Gasteiger partial charge in [0.15, 0.2) is 11.5 Å². The largest absolute Gasteiger partial charge is 0.493 e. The third-order valence-corrected chi connectivity index (χ3v) is 7.41. The summed E-state index contributed by atoms with van der Waals surface area (Å²) in [6, 6.07) is 13.9. The van der Waals surface area contributed by atoms with Crippen LogP contribution in [-0.4, -0.2) is 88.2 Å². The first-order chi connectivity index (χ1) is 15.8. The lowest BCUT2D eigenvalue weighted by molar-refractivity contribution is -0.130. The summed E-state index contributed by atoms with van der Waals surface area (Å²) in [5.74, 6) is 0.682. The average Bonchev–Trinajstić information content (AvgIpc) is 2.83. The summed E-state index contributed by atoms with van der Waals surface area (Å²) in [4.78, 5) is 16.6. The topological polar surface area (TPSA) is 99.6 Å². The van der Waals surface area contributed by atoms with E-state index in [1.54, 1.807) is 17.9 Å². The number of ether oxygens (including phenoxy) is 2. The molecule has 1 fully saturated rings. The molecule has 1 N–H and O–H groups in total. The summed E-state index contributed by atoms with van der Waals surface area (Å²) >= 11 is 0. The normalized spacial score (nSPS) is 15.7. The quantitative estimate of drug-likeness (QED) is 0.583. The van der Waals surface area contributed by atoms with Gasteiger partial charge in [0.25, 0.3) is 0 Å². The van der Waals surface area contributed by atoms with Gasteiger partial charge in [-0.3, -0.25) is 4.79 Å². The van der Waals surface area contributed by atoms with Crippen LogP contribution in [-0.2, 0) is 14.8 Å². The molecule has 3 rings (SSSR count). The summed E-state index contributed by atoms with van der Waals surface area (Å²) in [7, 11) is -0.793. The molecule has 0 bridgehead atoms. The minimum Gasteiger partial charge on any atom is -0.493 e. The second-order valence-corrected chi connectivity index (χ2v) is 9.80. The molecule has 33 heavy (non-hydrogen) atoms. The number of rotatable bonds is 9. The van der Waals surface area contributed by atoms with Crippen LogP contribution in [0.3, 0.4) is 0 Å². The number of hydrogen-bond donors (Lipinski definition) is 1. The lowest BCUT2D eigenvalue weighted by Crippen LogP contribution is -2.53. The van der Waals surface area contributed by atoms with Crippen molar-refractivity contribution in [3.63, 3.8) is 0 Å². The molecule has 0 spiro atoms. The molecule has 10 heteroatoms. The third-order valence-electron chi connectivity index (χ3n) is 5.52. The van der Waals surface area contributed by atoms with Gasteiger partial charge in [-0.15, -0.1) is 0 Å². The van der Waals surface area contributed by atoms with Crippen molar-refractivity contribution in [2.75, 3.05) is 58.4 Å². The number of methoxy groups -OCH3 is 2. The minimum atomic E-state index is -3.73. The maximum atomic E-state index is 13.1. The fourth-order valence-electron chi connectivity index (χ4n) is 3.79. The van der Waals surface area contributed by atoms with Gasteiger partial charge in [-0.1, -0.05) is 18.2 Å². The summed E-state index contributed by atoms with van der Waals surface area (Å²) in [5, 5.41) is 9.85. The summed E-state index contributed by atoms with van der Waals surface area (Å²) < 4.78 is 38.0. The van der Waals surface area contributed by atoms with Gasteiger partial charge in [-0.05, 0) is 31.2 Å². The van der Waals surface area contributed by atoms with Gasteiger partial charge < -0.3 is 24.4 Å². The van der Waals surface area contributed by atoms with Crippen molar-refractivity contribution >= 4 is 21.6 Å². The first-order valence-electron chi connectivity index (χ1n) is 10.7. The van der Waals surface area contributed by atoms with Crippen LogP contribution < -0.4 is 14.4 Å². The number of benzene rings is 2. The van der Waals surface area contributed by atoms with Crippen molar-refractivity contribution in [1.82, 2.24) is 9.21 Å². The number of hydrogen-bond acceptors (Lipinski definition) is 7. The van der Waals surface area contributed by atoms with Crippen LogP contribution in [0.4, 0.5) is 5.69 Å². The minimum absolute atomic E-state index is 0.108. The van der Waals surface area contributed by atoms with E-state index in [-0.39, 0.29) is 30.4 Å². The maximum absolute atomic E-state index is 13.1. The second kappa shape index (κ2) is 10.9. The molecule has 2 aromatic rings. The molecule has 1 atom stereocenters. The molecule has 1 unspecified atom stereocenters. The highest BCUT2D eigenvalue weighted by Gasteiger charge is 2.31. The van der Waals surface area contributed by atoms with Crippen molar-refractivity contribution in [2.45, 2.75) is 17.9 Å². The van der Waals surface area contributed by atoms with Crippen LogP contribution >= 0.6 is 0 Å². The predicted molar refractivity (Wildman–Crippen MR) is 125 cm³/mol. The van der Waals surface area contributed by atoms with E-state index in [4.69, 9.17) is 9.47 Å². The molecule has 1 aliphatic heterocycles. The van der Waals surface area contributed by atoms with Gasteiger partial charge in [-0.25, -0.2) is 8.42 Å². The molecular weight excluding hydrogens is 446 g/mol. The number of aliphatic hydroxyl groups excluding tert-OH is 1. The first-order valence-corrected chi connectivity index (χ1v) is 12.2. The molecule has 2 aromatic carbocycles. The first kappa shape index (κ1) is 24.8. The zero-order valence-corrected chi connectivity index (χ0v) is 20.0. The highest BCUT2D eigenvalue weighted by molar-refractivity contribution is 7.89. The molecule has 0 aliphatic carbocycles. The number of piperazine rings is 1. The van der Waals surface area contributed by atoms with Crippen LogP contribution in [0.25, 0.3) is 0 Å². The number of para-hydroxylation sites is 1. The summed E-state index contributed by atoms with van der Waals surface area (Å²) in [5.41, 5.74) is 0.849. The van der Waals surface area contributed by atoms with Gasteiger partial charge in [-0.2, -0.15) is 4.31 Å². The lowest BCUT2D eigenvalue weighted by Gasteiger charge is -2.35. The summed E-state index contributed by atoms with van der Waals surface area (Å²) in [6.45, 7) is 3.10. The number of sulfonamides is 1. The lowest BCUT2D eigenvalue weighted by atomic mass is 10.2. The molecule has 1 amide bonds. The number of nitrogens with zero attached hydrogens (tertiary/aromatic N) is 3. The SMILES string of the molecule is COc1ccc(S(=O)(=O)N2CCN(C(=O)CN(CC(C)O)c3ccccc3)CC2)cc1OC. The number of amides is 1. The van der Waals surface area contributed by atoms with Gasteiger partial charge in [0.05, 0.1) is 31.8 Å². The van der Waals surface area contributed by atoms with Crippen LogP contribution in [0.15, 0.2) is 53.4 Å². The fourth-order valence-corrected chi connectivity index (χ4v) is 5.22. The van der Waals surface area contributed by atoms with E-state index in [0.29, 0.717) is 31.1 Å². The van der Waals surface area contributed by atoms with Crippen molar-refractivity contribution in [3.8, 4) is 11.5 Å². The van der Waals surface area contributed by atoms with E-state index in [2.05, 4.69) is 0 Å². The Balaban J connectivity index is 1.65. The highest BCUT2D eigenvalue weighted by atomic mass is 32.2. The van der Waals surface area contributed by atoms with E-state index in [0.717, 1.165) is 5.69 Å². The van der Waals surface area contributed by atoms with Crippen LogP contribution in [0.2, 0.25) is 0 Å². The zero-order chi connectivity index (χ0) is 24.0. The van der Waals surface area contributed by atoms with Crippen LogP contribution in [0.1, 0.15) is 6.92 Å². The van der Waals surface area contributed by atoms with Gasteiger partial charge in [0.1, 0.15) is 0 Å². The Labute approximate surface area is 195 Å². The molecule has 180 valence electrons. The standard InChI is InChI=1S/C23H31N3O6S/c1-18(27)16-25(19-7-5-4-6-8-19)17-23(28)24-11-13-26(14-12-24)33(29,30)20-9-10-21(31-2)22(15-20)32-3/h4-10,15,18,27H,11-14,16-17H2,1-3H3. The predicted octanol–water partition coefficient (Wildman–Crippen LogP) is 1.42. The van der Waals surface area contributed by atoms with E-state index in [1.165, 1.54) is 30.7 Å². The molecule has 0 aromatic heterocycles. The van der Waals surface area contributed by atoms with E-state index >= 15 is 0 Å². The van der Waals surface area contributed by atoms with Gasteiger partial charge in [0, 0.05) is 44.5 Å². The molecule has 0 saturated carbocycles. The number of carbonyl (C=O) groups excluding carboxylic acids is 1. The van der Waals surface area contributed by atoms with Gasteiger partial charge >= 0.3 is 0 Å². The van der Waals surface area contributed by atoms with Crippen molar-refractivity contribution in [1.29, 1.82) is 0 Å². The van der Waals surface area contributed by atoms with Crippen molar-refractivity contribution < 1.29 is 27.8 Å². The maximum Gasteiger partial charge on any atom is 0.243 e. The van der Waals surface area contributed by atoms with E-state index in [1.807, 2.05) is 35.2 Å². The second-order valence-electron chi connectivity index (χ2n) is 7.87. The average molecular weight is 478 g/mol. The van der Waals surface area contributed by atoms with Crippen LogP contribution in [0.5, 0.6) is 11.5 Å². The van der Waals surface area contributed by atoms with E-state index in [9.17, 15) is 18.3 Å². The molecule has 1 aliphatic rings. The number of aliphatic hydroxyl groups is 1. The number of carbonyl (C=O) groups is 1. The molecule has 9 nitrogen and oxygen atoms in total. The monoisotopic (exact) mass is 477 g/mol. The van der Waals surface area contributed by atoms with Crippen molar-refractivity contribution in [3.05, 3.63) is 48.5 Å². The Hall–Kier alpha value is -2.82. The smallest absolute Gasteiger partial charge is 0.243 e. The Morgan fingerprint density at radius 3 is 2.24 bits per heavy atom. The van der Waals surface area contributed by atoms with Crippen LogP contribution in [0, 0.1) is 0 Å². The highest BCUT2D eigenvalue weighted by Crippen LogP contribution is 2.31. The Kier molecular flexibility index (Phi) is 8.17. The third kappa shape index (κ3) is 5.95. The van der Waals surface area contributed by atoms with Crippen molar-refractivity contribution in [2.24, 2.45) is 0 Å².